The maximum Gasteiger partial charge on any atom is 0.374 e. The van der Waals surface area contributed by atoms with E-state index in [9.17, 15) is 9.59 Å². The van der Waals surface area contributed by atoms with E-state index in [0.717, 1.165) is 0 Å². The maximum atomic E-state index is 10.6. The molecule has 1 atom stereocenters. The highest BCUT2D eigenvalue weighted by molar-refractivity contribution is 6.33. The molecule has 0 spiro atoms. The van der Waals surface area contributed by atoms with Crippen LogP contribution < -0.4 is 0 Å². The number of Topliss-reactive ketones (excluding diaryl/α,β-unsaturated/α-hetero) is 1. The summed E-state index contributed by atoms with van der Waals surface area (Å²) in [5, 5.41) is 17.0. The fraction of sp³-hybridized carbons (Fsp3) is 0.714. The average molecular weight is 176 g/mol. The van der Waals surface area contributed by atoms with E-state index in [2.05, 4.69) is 4.74 Å². The first-order valence-corrected chi connectivity index (χ1v) is 3.60. The molecule has 0 aliphatic heterocycles. The number of carbonyl (C=O) groups is 2. The summed E-state index contributed by atoms with van der Waals surface area (Å²) in [5.74, 6) is -1.61. The highest BCUT2D eigenvalue weighted by Crippen LogP contribution is 1.89. The van der Waals surface area contributed by atoms with Gasteiger partial charge < -0.3 is 14.9 Å². The average Bonchev–Trinajstić information content (AvgIpc) is 2.11. The normalized spacial score (nSPS) is 12.2. The Kier molecular flexibility index (Phi) is 5.23. The molecule has 70 valence electrons. The van der Waals surface area contributed by atoms with E-state index < -0.39 is 24.5 Å². The summed E-state index contributed by atoms with van der Waals surface area (Å²) in [4.78, 5) is 21.2. The third-order valence-electron chi connectivity index (χ3n) is 1.17. The number of aliphatic hydroxyl groups excluding tert-OH is 2. The van der Waals surface area contributed by atoms with Crippen molar-refractivity contribution >= 4 is 11.8 Å². The molecular weight excluding hydrogens is 164 g/mol. The van der Waals surface area contributed by atoms with Crippen molar-refractivity contribution in [3.05, 3.63) is 0 Å². The number of esters is 1. The summed E-state index contributed by atoms with van der Waals surface area (Å²) < 4.78 is 4.35. The molecule has 2 N–H and O–H groups in total. The van der Waals surface area contributed by atoms with Crippen molar-refractivity contribution in [1.29, 1.82) is 0 Å². The van der Waals surface area contributed by atoms with Crippen LogP contribution in [0.1, 0.15) is 13.3 Å². The highest BCUT2D eigenvalue weighted by Gasteiger charge is 2.14. The minimum atomic E-state index is -1.11. The van der Waals surface area contributed by atoms with E-state index >= 15 is 0 Å². The quantitative estimate of drug-likeness (QED) is 0.408. The molecule has 0 rings (SSSR count). The Bertz CT molecular complexity index is 165. The summed E-state index contributed by atoms with van der Waals surface area (Å²) in [6, 6.07) is 0. The lowest BCUT2D eigenvalue weighted by atomic mass is 10.3. The number of aliphatic hydroxyl groups is 2. The van der Waals surface area contributed by atoms with Crippen LogP contribution >= 0.6 is 0 Å². The second kappa shape index (κ2) is 5.68. The molecule has 0 aliphatic carbocycles. The molecule has 0 amide bonds. The topological polar surface area (TPSA) is 83.8 Å². The lowest BCUT2D eigenvalue weighted by molar-refractivity contribution is -0.156. The Morgan fingerprint density at radius 1 is 1.50 bits per heavy atom. The summed E-state index contributed by atoms with van der Waals surface area (Å²) in [6.45, 7) is 0.695. The van der Waals surface area contributed by atoms with Gasteiger partial charge in [-0.1, -0.05) is 6.92 Å². The molecule has 0 fully saturated rings. The van der Waals surface area contributed by atoms with Gasteiger partial charge in [0.05, 0.1) is 6.61 Å². The van der Waals surface area contributed by atoms with Crippen molar-refractivity contribution in [3.63, 3.8) is 0 Å². The number of carbonyl (C=O) groups excluding carboxylic acids is 2. The molecule has 0 saturated carbocycles. The second-order valence-corrected chi connectivity index (χ2v) is 2.21. The minimum Gasteiger partial charge on any atom is -0.457 e. The molecule has 0 aromatic carbocycles. The molecule has 0 radical (unpaired) electrons. The van der Waals surface area contributed by atoms with Gasteiger partial charge in [-0.2, -0.15) is 0 Å². The van der Waals surface area contributed by atoms with Gasteiger partial charge in [0.15, 0.2) is 0 Å². The van der Waals surface area contributed by atoms with Crippen molar-refractivity contribution < 1.29 is 24.5 Å². The predicted molar refractivity (Wildman–Crippen MR) is 39.3 cm³/mol. The van der Waals surface area contributed by atoms with Gasteiger partial charge >= 0.3 is 5.97 Å². The molecule has 0 saturated heterocycles. The SMILES string of the molecule is CCC(=O)C(=O)OCC(O)CO. The molecule has 0 aromatic heterocycles. The van der Waals surface area contributed by atoms with Crippen LogP contribution in [0.5, 0.6) is 0 Å². The van der Waals surface area contributed by atoms with E-state index in [0.29, 0.717) is 0 Å². The summed E-state index contributed by atoms with van der Waals surface area (Å²) >= 11 is 0. The van der Waals surface area contributed by atoms with E-state index in [-0.39, 0.29) is 13.0 Å². The Balaban J connectivity index is 3.64. The zero-order chi connectivity index (χ0) is 9.56. The van der Waals surface area contributed by atoms with E-state index in [4.69, 9.17) is 10.2 Å². The number of hydrogen-bond acceptors (Lipinski definition) is 5. The van der Waals surface area contributed by atoms with Crippen LogP contribution in [0.15, 0.2) is 0 Å². The van der Waals surface area contributed by atoms with Gasteiger partial charge in [0, 0.05) is 6.42 Å². The third kappa shape index (κ3) is 4.05. The zero-order valence-electron chi connectivity index (χ0n) is 6.82. The van der Waals surface area contributed by atoms with Crippen LogP contribution in [0.4, 0.5) is 0 Å². The molecule has 5 nitrogen and oxygen atoms in total. The Labute approximate surface area is 70.0 Å². The summed E-state index contributed by atoms with van der Waals surface area (Å²) in [5.41, 5.74) is 0. The number of rotatable bonds is 5. The fourth-order valence-electron chi connectivity index (χ4n) is 0.449. The van der Waals surface area contributed by atoms with Crippen molar-refractivity contribution in [3.8, 4) is 0 Å². The van der Waals surface area contributed by atoms with Crippen molar-refractivity contribution in [1.82, 2.24) is 0 Å². The van der Waals surface area contributed by atoms with Gasteiger partial charge in [0.25, 0.3) is 0 Å². The molecule has 0 heterocycles. The Morgan fingerprint density at radius 3 is 2.50 bits per heavy atom. The number of hydrogen-bond donors (Lipinski definition) is 2. The van der Waals surface area contributed by atoms with Crippen molar-refractivity contribution in [2.45, 2.75) is 19.4 Å². The monoisotopic (exact) mass is 176 g/mol. The summed E-state index contributed by atoms with van der Waals surface area (Å²) in [7, 11) is 0. The maximum absolute atomic E-state index is 10.6. The lowest BCUT2D eigenvalue weighted by Crippen LogP contribution is -2.25. The highest BCUT2D eigenvalue weighted by atomic mass is 16.5. The second-order valence-electron chi connectivity index (χ2n) is 2.21. The van der Waals surface area contributed by atoms with Gasteiger partial charge in [-0.3, -0.25) is 4.79 Å². The van der Waals surface area contributed by atoms with Gasteiger partial charge in [0.2, 0.25) is 5.78 Å². The molecular formula is C7H12O5. The van der Waals surface area contributed by atoms with Crippen LogP contribution in [-0.2, 0) is 14.3 Å². The first kappa shape index (κ1) is 11.1. The smallest absolute Gasteiger partial charge is 0.374 e. The van der Waals surface area contributed by atoms with E-state index in [1.54, 1.807) is 0 Å². The minimum absolute atomic E-state index is 0.0774. The third-order valence-corrected chi connectivity index (χ3v) is 1.17. The van der Waals surface area contributed by atoms with Crippen LogP contribution in [0.3, 0.4) is 0 Å². The molecule has 12 heavy (non-hydrogen) atoms. The first-order chi connectivity index (χ1) is 5.61. The zero-order valence-corrected chi connectivity index (χ0v) is 6.82. The van der Waals surface area contributed by atoms with Gasteiger partial charge in [-0.25, -0.2) is 4.79 Å². The van der Waals surface area contributed by atoms with E-state index in [1.165, 1.54) is 6.92 Å². The molecule has 0 bridgehead atoms. The lowest BCUT2D eigenvalue weighted by Gasteiger charge is -2.06. The van der Waals surface area contributed by atoms with Gasteiger partial charge in [-0.15, -0.1) is 0 Å². The van der Waals surface area contributed by atoms with E-state index in [1.807, 2.05) is 0 Å². The van der Waals surface area contributed by atoms with Crippen molar-refractivity contribution in [2.24, 2.45) is 0 Å². The van der Waals surface area contributed by atoms with Crippen molar-refractivity contribution in [2.75, 3.05) is 13.2 Å². The predicted octanol–water partition coefficient (Wildman–Crippen LogP) is -1.14. The Morgan fingerprint density at radius 2 is 2.08 bits per heavy atom. The number of ether oxygens (including phenoxy) is 1. The standard InChI is InChI=1S/C7H12O5/c1-2-6(10)7(11)12-4-5(9)3-8/h5,8-9H,2-4H2,1H3. The van der Waals surface area contributed by atoms with Gasteiger partial charge in [0.1, 0.15) is 12.7 Å². The largest absolute Gasteiger partial charge is 0.457 e. The molecule has 5 heteroatoms. The molecule has 0 aromatic rings. The molecule has 0 aliphatic rings. The van der Waals surface area contributed by atoms with Crippen LogP contribution in [0, 0.1) is 0 Å². The van der Waals surface area contributed by atoms with Gasteiger partial charge in [-0.05, 0) is 0 Å². The Hall–Kier alpha value is -0.940. The van der Waals surface area contributed by atoms with Crippen LogP contribution in [-0.4, -0.2) is 41.3 Å². The first-order valence-electron chi connectivity index (χ1n) is 3.60. The fourth-order valence-corrected chi connectivity index (χ4v) is 0.449. The molecule has 1 unspecified atom stereocenters. The van der Waals surface area contributed by atoms with Crippen LogP contribution in [0.2, 0.25) is 0 Å². The van der Waals surface area contributed by atoms with Crippen LogP contribution in [0.25, 0.3) is 0 Å². The number of ketones is 1. The summed E-state index contributed by atoms with van der Waals surface area (Å²) in [6.07, 6.45) is -1.03.